The first kappa shape index (κ1) is 19.5. The summed E-state index contributed by atoms with van der Waals surface area (Å²) < 4.78 is 17.3. The molecule has 0 unspecified atom stereocenters. The molecule has 0 aliphatic heterocycles. The van der Waals surface area contributed by atoms with Crippen molar-refractivity contribution >= 4 is 10.8 Å². The normalized spacial score (nSPS) is 15.0. The van der Waals surface area contributed by atoms with Crippen molar-refractivity contribution in [3.05, 3.63) is 58.6 Å². The van der Waals surface area contributed by atoms with E-state index in [0.29, 0.717) is 22.4 Å². The number of methoxy groups -OCH3 is 1. The summed E-state index contributed by atoms with van der Waals surface area (Å²) in [6.45, 7) is 3.22. The first-order valence-electron chi connectivity index (χ1n) is 10.0. The molecule has 2 aromatic carbocycles. The van der Waals surface area contributed by atoms with Gasteiger partial charge in [-0.25, -0.2) is 4.79 Å². The van der Waals surface area contributed by atoms with E-state index in [0.717, 1.165) is 23.8 Å². The van der Waals surface area contributed by atoms with Gasteiger partial charge in [0.15, 0.2) is 11.5 Å². The maximum absolute atomic E-state index is 12.5. The molecule has 0 radical (unpaired) electrons. The number of ether oxygens (including phenoxy) is 2. The average molecular weight is 394 g/mol. The van der Waals surface area contributed by atoms with Gasteiger partial charge in [0, 0.05) is 10.9 Å². The first-order chi connectivity index (χ1) is 13.9. The summed E-state index contributed by atoms with van der Waals surface area (Å²) in [4.78, 5) is 12.5. The third kappa shape index (κ3) is 3.75. The van der Waals surface area contributed by atoms with Crippen LogP contribution in [0.1, 0.15) is 45.3 Å². The van der Waals surface area contributed by atoms with Gasteiger partial charge in [0.25, 0.3) is 0 Å². The molecule has 152 valence electrons. The van der Waals surface area contributed by atoms with Gasteiger partial charge in [-0.05, 0) is 63.3 Å². The molecule has 1 saturated carbocycles. The van der Waals surface area contributed by atoms with Crippen molar-refractivity contribution in [3.63, 3.8) is 0 Å². The van der Waals surface area contributed by atoms with Gasteiger partial charge in [0.05, 0.1) is 18.6 Å². The average Bonchev–Trinajstić information content (AvgIpc) is 3.21. The maximum atomic E-state index is 12.5. The Morgan fingerprint density at radius 1 is 1.03 bits per heavy atom. The van der Waals surface area contributed by atoms with Crippen molar-refractivity contribution in [3.8, 4) is 22.6 Å². The van der Waals surface area contributed by atoms with Gasteiger partial charge in [-0.1, -0.05) is 24.3 Å². The topological polar surface area (TPSA) is 68.9 Å². The molecule has 0 saturated heterocycles. The SMILES string of the molecule is COc1cc(-c2c(C(C)(C)O)oc(=O)c3ccccc23)ccc1OC1CCCC1. The third-order valence-electron chi connectivity index (χ3n) is 5.44. The van der Waals surface area contributed by atoms with Crippen LogP contribution in [0.3, 0.4) is 0 Å². The molecule has 0 atom stereocenters. The standard InChI is InChI=1S/C24H26O5/c1-24(2,26)22-21(17-10-6-7-11-18(17)23(25)29-22)15-12-13-19(20(14-15)27-3)28-16-8-4-5-9-16/h6-7,10-14,16,26H,4-5,8-9H2,1-3H3. The van der Waals surface area contributed by atoms with Crippen LogP contribution in [0.15, 0.2) is 51.7 Å². The lowest BCUT2D eigenvalue weighted by molar-refractivity contribution is 0.0521. The number of rotatable bonds is 5. The Labute approximate surface area is 169 Å². The van der Waals surface area contributed by atoms with E-state index in [1.807, 2.05) is 30.3 Å². The van der Waals surface area contributed by atoms with E-state index in [2.05, 4.69) is 0 Å². The van der Waals surface area contributed by atoms with Crippen LogP contribution in [-0.2, 0) is 5.60 Å². The van der Waals surface area contributed by atoms with Crippen LogP contribution in [0, 0.1) is 0 Å². The van der Waals surface area contributed by atoms with E-state index in [1.165, 1.54) is 12.8 Å². The fourth-order valence-corrected chi connectivity index (χ4v) is 4.02. The van der Waals surface area contributed by atoms with Crippen LogP contribution in [0.2, 0.25) is 0 Å². The van der Waals surface area contributed by atoms with E-state index in [9.17, 15) is 9.90 Å². The Balaban J connectivity index is 1.89. The Hall–Kier alpha value is -2.79. The Morgan fingerprint density at radius 2 is 1.72 bits per heavy atom. The highest BCUT2D eigenvalue weighted by Gasteiger charge is 2.28. The minimum absolute atomic E-state index is 0.220. The smallest absolute Gasteiger partial charge is 0.343 e. The van der Waals surface area contributed by atoms with Crippen LogP contribution in [-0.4, -0.2) is 18.3 Å². The maximum Gasteiger partial charge on any atom is 0.343 e. The lowest BCUT2D eigenvalue weighted by Crippen LogP contribution is -2.20. The molecule has 29 heavy (non-hydrogen) atoms. The molecule has 0 bridgehead atoms. The zero-order chi connectivity index (χ0) is 20.6. The Morgan fingerprint density at radius 3 is 2.38 bits per heavy atom. The molecule has 4 rings (SSSR count). The van der Waals surface area contributed by atoms with Crippen LogP contribution in [0.5, 0.6) is 11.5 Å². The molecular formula is C24H26O5. The lowest BCUT2D eigenvalue weighted by atomic mass is 9.92. The van der Waals surface area contributed by atoms with Crippen molar-refractivity contribution in [2.45, 2.75) is 51.2 Å². The first-order valence-corrected chi connectivity index (χ1v) is 10.0. The van der Waals surface area contributed by atoms with Crippen molar-refractivity contribution in [1.82, 2.24) is 0 Å². The third-order valence-corrected chi connectivity index (χ3v) is 5.44. The quantitative estimate of drug-likeness (QED) is 0.658. The van der Waals surface area contributed by atoms with Gasteiger partial charge in [-0.15, -0.1) is 0 Å². The molecule has 1 aromatic heterocycles. The molecule has 5 heteroatoms. The van der Waals surface area contributed by atoms with E-state index >= 15 is 0 Å². The molecule has 5 nitrogen and oxygen atoms in total. The van der Waals surface area contributed by atoms with E-state index < -0.39 is 11.2 Å². The summed E-state index contributed by atoms with van der Waals surface area (Å²) in [6, 6.07) is 13.0. The molecule has 1 aliphatic carbocycles. The molecule has 1 heterocycles. The second-order valence-corrected chi connectivity index (χ2v) is 8.09. The van der Waals surface area contributed by atoms with Crippen LogP contribution in [0.25, 0.3) is 21.9 Å². The number of hydrogen-bond acceptors (Lipinski definition) is 5. The number of benzene rings is 2. The van der Waals surface area contributed by atoms with E-state index in [4.69, 9.17) is 13.9 Å². The summed E-state index contributed by atoms with van der Waals surface area (Å²) >= 11 is 0. The molecule has 1 aliphatic rings. The highest BCUT2D eigenvalue weighted by atomic mass is 16.5. The fourth-order valence-electron chi connectivity index (χ4n) is 4.02. The summed E-state index contributed by atoms with van der Waals surface area (Å²) in [5.41, 5.74) is -0.323. The summed E-state index contributed by atoms with van der Waals surface area (Å²) in [5, 5.41) is 11.9. The number of fused-ring (bicyclic) bond motifs is 1. The zero-order valence-electron chi connectivity index (χ0n) is 17.0. The second-order valence-electron chi connectivity index (χ2n) is 8.09. The second kappa shape index (κ2) is 7.56. The van der Waals surface area contributed by atoms with E-state index in [1.54, 1.807) is 33.1 Å². The molecule has 1 N–H and O–H groups in total. The van der Waals surface area contributed by atoms with Crippen molar-refractivity contribution in [2.24, 2.45) is 0 Å². The van der Waals surface area contributed by atoms with Gasteiger partial charge in [0.1, 0.15) is 11.4 Å². The van der Waals surface area contributed by atoms with Gasteiger partial charge in [-0.2, -0.15) is 0 Å². The molecule has 3 aromatic rings. The lowest BCUT2D eigenvalue weighted by Gasteiger charge is -2.22. The number of hydrogen-bond donors (Lipinski definition) is 1. The Bertz CT molecular complexity index is 1080. The van der Waals surface area contributed by atoms with Gasteiger partial charge in [-0.3, -0.25) is 0 Å². The van der Waals surface area contributed by atoms with Crippen molar-refractivity contribution < 1.29 is 19.0 Å². The van der Waals surface area contributed by atoms with Crippen LogP contribution >= 0.6 is 0 Å². The summed E-state index contributed by atoms with van der Waals surface area (Å²) in [7, 11) is 1.61. The van der Waals surface area contributed by atoms with Crippen LogP contribution < -0.4 is 15.1 Å². The highest BCUT2D eigenvalue weighted by molar-refractivity contribution is 5.97. The van der Waals surface area contributed by atoms with E-state index in [-0.39, 0.29) is 11.9 Å². The van der Waals surface area contributed by atoms with Gasteiger partial charge >= 0.3 is 5.63 Å². The number of aliphatic hydroxyl groups is 1. The molecule has 0 spiro atoms. The molecule has 0 amide bonds. The molecule has 1 fully saturated rings. The van der Waals surface area contributed by atoms with Gasteiger partial charge in [0.2, 0.25) is 0 Å². The summed E-state index contributed by atoms with van der Waals surface area (Å²) in [5.74, 6) is 1.55. The minimum atomic E-state index is -1.33. The predicted molar refractivity (Wildman–Crippen MR) is 113 cm³/mol. The van der Waals surface area contributed by atoms with Crippen molar-refractivity contribution in [2.75, 3.05) is 7.11 Å². The fraction of sp³-hybridized carbons (Fsp3) is 0.375. The van der Waals surface area contributed by atoms with Crippen molar-refractivity contribution in [1.29, 1.82) is 0 Å². The summed E-state index contributed by atoms with van der Waals surface area (Å²) in [6.07, 6.45) is 4.71. The Kier molecular flexibility index (Phi) is 5.09. The monoisotopic (exact) mass is 394 g/mol. The molecular weight excluding hydrogens is 368 g/mol. The van der Waals surface area contributed by atoms with Gasteiger partial charge < -0.3 is 19.0 Å². The highest BCUT2D eigenvalue weighted by Crippen LogP contribution is 2.40. The van der Waals surface area contributed by atoms with Crippen LogP contribution in [0.4, 0.5) is 0 Å². The largest absolute Gasteiger partial charge is 0.493 e. The predicted octanol–water partition coefficient (Wildman–Crippen LogP) is 5.02. The zero-order valence-corrected chi connectivity index (χ0v) is 17.0. The minimum Gasteiger partial charge on any atom is -0.493 e.